The molecule has 1 aliphatic heterocycles. The minimum absolute atomic E-state index is 0.0377. The molecule has 0 bridgehead atoms. The Kier molecular flexibility index (Phi) is 6.51. The third-order valence-corrected chi connectivity index (χ3v) is 7.12. The summed E-state index contributed by atoms with van der Waals surface area (Å²) in [6.45, 7) is 0.570. The summed E-state index contributed by atoms with van der Waals surface area (Å²) in [6.07, 6.45) is 0.465. The number of anilines is 1. The second-order valence-electron chi connectivity index (χ2n) is 6.63. The predicted octanol–water partition coefficient (Wildman–Crippen LogP) is 2.78. The fraction of sp³-hybridized carbons (Fsp3) is 0.300. The highest BCUT2D eigenvalue weighted by atomic mass is 79.9. The molecule has 8 heteroatoms. The highest BCUT2D eigenvalue weighted by molar-refractivity contribution is 9.10. The Balaban J connectivity index is 1.50. The second kappa shape index (κ2) is 8.87. The summed E-state index contributed by atoms with van der Waals surface area (Å²) >= 11 is 3.43. The Morgan fingerprint density at radius 2 is 1.79 bits per heavy atom. The van der Waals surface area contributed by atoms with E-state index in [1.165, 1.54) is 0 Å². The average Bonchev–Trinajstić information content (AvgIpc) is 3.08. The lowest BCUT2D eigenvalue weighted by Crippen LogP contribution is -2.34. The molecule has 2 aromatic carbocycles. The first-order valence-electron chi connectivity index (χ1n) is 8.99. The van der Waals surface area contributed by atoms with Crippen LogP contribution in [0.1, 0.15) is 12.8 Å². The van der Waals surface area contributed by atoms with E-state index in [9.17, 15) is 18.0 Å². The van der Waals surface area contributed by atoms with Crippen LogP contribution in [0.5, 0.6) is 0 Å². The Morgan fingerprint density at radius 3 is 2.50 bits per heavy atom. The number of nitrogens with one attached hydrogen (secondary N) is 1. The number of carbonyl (C=O) groups excluding carboxylic acids is 2. The number of halogens is 1. The first-order valence-corrected chi connectivity index (χ1v) is 11.4. The van der Waals surface area contributed by atoms with Crippen LogP contribution in [-0.4, -0.2) is 39.1 Å². The van der Waals surface area contributed by atoms with E-state index in [2.05, 4.69) is 21.2 Å². The summed E-state index contributed by atoms with van der Waals surface area (Å²) in [4.78, 5) is 26.6. The van der Waals surface area contributed by atoms with Gasteiger partial charge in [-0.3, -0.25) is 9.59 Å². The molecule has 1 aliphatic rings. The second-order valence-corrected chi connectivity index (χ2v) is 9.60. The Morgan fingerprint density at radius 1 is 1.11 bits per heavy atom. The summed E-state index contributed by atoms with van der Waals surface area (Å²) < 4.78 is 25.3. The molecule has 2 amide bonds. The molecule has 0 saturated carbocycles. The van der Waals surface area contributed by atoms with Crippen LogP contribution in [0.4, 0.5) is 5.69 Å². The highest BCUT2D eigenvalue weighted by Gasteiger charge is 2.35. The molecule has 0 radical (unpaired) electrons. The van der Waals surface area contributed by atoms with Gasteiger partial charge in [-0.05, 0) is 46.6 Å². The molecule has 0 aromatic heterocycles. The molecule has 1 unspecified atom stereocenters. The quantitative estimate of drug-likeness (QED) is 0.638. The van der Waals surface area contributed by atoms with E-state index < -0.39 is 15.8 Å². The first-order chi connectivity index (χ1) is 13.4. The van der Waals surface area contributed by atoms with Crippen molar-refractivity contribution in [3.63, 3.8) is 0 Å². The highest BCUT2D eigenvalue weighted by Crippen LogP contribution is 2.31. The monoisotopic (exact) mass is 464 g/mol. The summed E-state index contributed by atoms with van der Waals surface area (Å²) in [5.41, 5.74) is 0.747. The molecule has 1 saturated heterocycles. The number of carbonyl (C=O) groups is 2. The lowest BCUT2D eigenvalue weighted by atomic mass is 10.1. The normalized spacial score (nSPS) is 17.0. The molecule has 148 valence electrons. The number of hydrogen-bond acceptors (Lipinski definition) is 4. The molecule has 0 aliphatic carbocycles. The Bertz CT molecular complexity index is 963. The maximum Gasteiger partial charge on any atom is 0.227 e. The van der Waals surface area contributed by atoms with Crippen LogP contribution in [0.25, 0.3) is 0 Å². The third-order valence-electron chi connectivity index (χ3n) is 4.63. The van der Waals surface area contributed by atoms with Gasteiger partial charge in [-0.15, -0.1) is 0 Å². The van der Waals surface area contributed by atoms with Gasteiger partial charge in [0, 0.05) is 24.0 Å². The third kappa shape index (κ3) is 4.80. The number of hydrogen-bond donors (Lipinski definition) is 1. The number of benzene rings is 2. The predicted molar refractivity (Wildman–Crippen MR) is 111 cm³/mol. The van der Waals surface area contributed by atoms with E-state index in [1.54, 1.807) is 35.2 Å². The zero-order chi connectivity index (χ0) is 20.1. The molecule has 1 atom stereocenters. The van der Waals surface area contributed by atoms with Crippen molar-refractivity contribution in [3.05, 3.63) is 59.1 Å². The molecule has 0 spiro atoms. The van der Waals surface area contributed by atoms with Crippen LogP contribution in [0.3, 0.4) is 0 Å². The van der Waals surface area contributed by atoms with E-state index in [1.807, 2.05) is 24.3 Å². The van der Waals surface area contributed by atoms with Crippen molar-refractivity contribution < 1.29 is 18.0 Å². The van der Waals surface area contributed by atoms with Crippen molar-refractivity contribution in [1.29, 1.82) is 0 Å². The van der Waals surface area contributed by atoms with Crippen LogP contribution in [0, 0.1) is 5.92 Å². The lowest BCUT2D eigenvalue weighted by Gasteiger charge is -2.18. The average molecular weight is 465 g/mol. The zero-order valence-electron chi connectivity index (χ0n) is 15.2. The number of para-hydroxylation sites is 1. The van der Waals surface area contributed by atoms with Gasteiger partial charge in [0.15, 0.2) is 9.84 Å². The first kappa shape index (κ1) is 20.5. The molecule has 1 N–H and O–H groups in total. The summed E-state index contributed by atoms with van der Waals surface area (Å²) in [6, 6.07) is 15.6. The van der Waals surface area contributed by atoms with Crippen molar-refractivity contribution in [2.24, 2.45) is 5.92 Å². The van der Waals surface area contributed by atoms with E-state index in [0.717, 1.165) is 10.2 Å². The van der Waals surface area contributed by atoms with Gasteiger partial charge >= 0.3 is 0 Å². The van der Waals surface area contributed by atoms with Crippen LogP contribution >= 0.6 is 15.9 Å². The number of amides is 2. The standard InChI is InChI=1S/C20H21BrN2O4S/c21-17-9-4-5-10-18(17)23-14-15(13-19(23)24)20(25)22-11-6-12-28(26,27)16-7-2-1-3-8-16/h1-5,7-10,15H,6,11-14H2,(H,22,25). The topological polar surface area (TPSA) is 83.5 Å². The van der Waals surface area contributed by atoms with E-state index in [0.29, 0.717) is 13.0 Å². The molecule has 1 fully saturated rings. The number of nitrogens with zero attached hydrogens (tertiary/aromatic N) is 1. The molecule has 3 rings (SSSR count). The largest absolute Gasteiger partial charge is 0.356 e. The van der Waals surface area contributed by atoms with Gasteiger partial charge in [-0.25, -0.2) is 8.42 Å². The zero-order valence-corrected chi connectivity index (χ0v) is 17.6. The van der Waals surface area contributed by atoms with E-state index in [4.69, 9.17) is 0 Å². The van der Waals surface area contributed by atoms with Crippen molar-refractivity contribution in [2.75, 3.05) is 23.7 Å². The summed E-state index contributed by atoms with van der Waals surface area (Å²) in [7, 11) is -3.35. The van der Waals surface area contributed by atoms with Gasteiger partial charge < -0.3 is 10.2 Å². The fourth-order valence-corrected chi connectivity index (χ4v) is 4.98. The summed E-state index contributed by atoms with van der Waals surface area (Å²) in [5.74, 6) is -0.798. The smallest absolute Gasteiger partial charge is 0.227 e. The summed E-state index contributed by atoms with van der Waals surface area (Å²) in [5, 5.41) is 2.76. The van der Waals surface area contributed by atoms with Crippen LogP contribution in [0.15, 0.2) is 64.0 Å². The number of sulfone groups is 1. The van der Waals surface area contributed by atoms with Gasteiger partial charge in [0.05, 0.1) is 22.3 Å². The SMILES string of the molecule is O=C(NCCCS(=O)(=O)c1ccccc1)C1CC(=O)N(c2ccccc2Br)C1. The molecule has 28 heavy (non-hydrogen) atoms. The maximum absolute atomic E-state index is 12.4. The van der Waals surface area contributed by atoms with Gasteiger partial charge in [0.2, 0.25) is 11.8 Å². The number of rotatable bonds is 7. The lowest BCUT2D eigenvalue weighted by molar-refractivity contribution is -0.126. The van der Waals surface area contributed by atoms with Gasteiger partial charge in [0.25, 0.3) is 0 Å². The Labute approximate surface area is 173 Å². The van der Waals surface area contributed by atoms with Crippen molar-refractivity contribution in [3.8, 4) is 0 Å². The maximum atomic E-state index is 12.4. The van der Waals surface area contributed by atoms with Crippen LogP contribution < -0.4 is 10.2 Å². The molecular formula is C20H21BrN2O4S. The van der Waals surface area contributed by atoms with E-state index in [-0.39, 0.29) is 35.4 Å². The Hall–Kier alpha value is -2.19. The molecule has 6 nitrogen and oxygen atoms in total. The van der Waals surface area contributed by atoms with Gasteiger partial charge in [-0.1, -0.05) is 30.3 Å². The van der Waals surface area contributed by atoms with Crippen molar-refractivity contribution in [2.45, 2.75) is 17.7 Å². The van der Waals surface area contributed by atoms with E-state index >= 15 is 0 Å². The van der Waals surface area contributed by atoms with Crippen molar-refractivity contribution >= 4 is 43.3 Å². The van der Waals surface area contributed by atoms with Crippen LogP contribution in [0.2, 0.25) is 0 Å². The molecule has 1 heterocycles. The van der Waals surface area contributed by atoms with Gasteiger partial charge in [-0.2, -0.15) is 0 Å². The molecule has 2 aromatic rings. The van der Waals surface area contributed by atoms with Gasteiger partial charge in [0.1, 0.15) is 0 Å². The van der Waals surface area contributed by atoms with Crippen LogP contribution in [-0.2, 0) is 19.4 Å². The molecular weight excluding hydrogens is 444 g/mol. The minimum Gasteiger partial charge on any atom is -0.356 e. The fourth-order valence-electron chi connectivity index (χ4n) is 3.15. The van der Waals surface area contributed by atoms with Crippen molar-refractivity contribution in [1.82, 2.24) is 5.32 Å². The minimum atomic E-state index is -3.35.